The summed E-state index contributed by atoms with van der Waals surface area (Å²) in [4.78, 5) is 0. The van der Waals surface area contributed by atoms with Gasteiger partial charge in [-0.2, -0.15) is 12.6 Å². The first-order valence-corrected chi connectivity index (χ1v) is 5.63. The number of allylic oxidation sites excluding steroid dienone is 1. The maximum Gasteiger partial charge on any atom is -0.00632 e. The minimum Gasteiger partial charge on any atom is -0.179 e. The van der Waals surface area contributed by atoms with Crippen LogP contribution in [0.25, 0.3) is 6.08 Å². The van der Waals surface area contributed by atoms with Crippen molar-refractivity contribution in [2.24, 2.45) is 0 Å². The van der Waals surface area contributed by atoms with E-state index >= 15 is 0 Å². The third kappa shape index (κ3) is 2.91. The molecule has 0 aromatic heterocycles. The molecule has 0 fully saturated rings. The van der Waals surface area contributed by atoms with Crippen LogP contribution in [0.3, 0.4) is 0 Å². The third-order valence-corrected chi connectivity index (χ3v) is 2.58. The Morgan fingerprint density at radius 1 is 1.14 bits per heavy atom. The monoisotopic (exact) mass is 206 g/mol. The summed E-state index contributed by atoms with van der Waals surface area (Å²) in [5.74, 6) is 0.917. The fraction of sp³-hybridized carbons (Fsp3) is 0.385. The van der Waals surface area contributed by atoms with Crippen LogP contribution in [0.5, 0.6) is 0 Å². The Bertz CT molecular complexity index is 314. The molecule has 14 heavy (non-hydrogen) atoms. The molecule has 0 atom stereocenters. The zero-order valence-electron chi connectivity index (χ0n) is 9.17. The van der Waals surface area contributed by atoms with Gasteiger partial charge in [-0.05, 0) is 49.6 Å². The van der Waals surface area contributed by atoms with Crippen LogP contribution < -0.4 is 0 Å². The topological polar surface area (TPSA) is 0 Å². The molecule has 1 rings (SSSR count). The zero-order valence-corrected chi connectivity index (χ0v) is 10.1. The fourth-order valence-electron chi connectivity index (χ4n) is 1.73. The van der Waals surface area contributed by atoms with E-state index in [-0.39, 0.29) is 0 Å². The van der Waals surface area contributed by atoms with Gasteiger partial charge >= 0.3 is 0 Å². The van der Waals surface area contributed by atoms with Crippen LogP contribution in [0.15, 0.2) is 18.2 Å². The Balaban J connectivity index is 2.96. The highest BCUT2D eigenvalue weighted by atomic mass is 32.1. The minimum absolute atomic E-state index is 0.917. The van der Waals surface area contributed by atoms with Crippen molar-refractivity contribution in [3.63, 3.8) is 0 Å². The summed E-state index contributed by atoms with van der Waals surface area (Å²) in [6.07, 6.45) is 5.44. The predicted molar refractivity (Wildman–Crippen MR) is 68.2 cm³/mol. The standard InChI is InChI=1S/C13H18S/c1-10-8-11(2)13(12(3)9-10)6-4-5-7-14/h4,6,8-9,14H,5,7H2,1-3H3. The number of rotatable bonds is 3. The molecular formula is C13H18S. The summed E-state index contributed by atoms with van der Waals surface area (Å²) < 4.78 is 0. The first-order chi connectivity index (χ1) is 6.65. The summed E-state index contributed by atoms with van der Waals surface area (Å²) in [5.41, 5.74) is 5.42. The molecule has 0 spiro atoms. The maximum absolute atomic E-state index is 4.18. The highest BCUT2D eigenvalue weighted by Gasteiger charge is 1.99. The van der Waals surface area contributed by atoms with Crippen molar-refractivity contribution in [2.75, 3.05) is 5.75 Å². The van der Waals surface area contributed by atoms with E-state index in [1.54, 1.807) is 0 Å². The summed E-state index contributed by atoms with van der Waals surface area (Å²) in [7, 11) is 0. The third-order valence-electron chi connectivity index (χ3n) is 2.32. The second kappa shape index (κ2) is 5.26. The Kier molecular flexibility index (Phi) is 4.27. The Morgan fingerprint density at radius 3 is 2.21 bits per heavy atom. The van der Waals surface area contributed by atoms with E-state index in [4.69, 9.17) is 0 Å². The van der Waals surface area contributed by atoms with Gasteiger partial charge in [-0.15, -0.1) is 0 Å². The van der Waals surface area contributed by atoms with Gasteiger partial charge in [0.25, 0.3) is 0 Å². The molecule has 1 aromatic rings. The molecule has 0 N–H and O–H groups in total. The van der Waals surface area contributed by atoms with Crippen molar-refractivity contribution < 1.29 is 0 Å². The molecule has 0 amide bonds. The molecule has 0 aliphatic rings. The zero-order chi connectivity index (χ0) is 10.6. The summed E-state index contributed by atoms with van der Waals surface area (Å²) in [5, 5.41) is 0. The summed E-state index contributed by atoms with van der Waals surface area (Å²) in [6.45, 7) is 6.47. The van der Waals surface area contributed by atoms with Crippen molar-refractivity contribution in [3.05, 3.63) is 40.5 Å². The fourth-order valence-corrected chi connectivity index (χ4v) is 1.88. The smallest absolute Gasteiger partial charge is 0.00632 e. The lowest BCUT2D eigenvalue weighted by Gasteiger charge is -2.06. The molecular weight excluding hydrogens is 188 g/mol. The Hall–Kier alpha value is -0.690. The van der Waals surface area contributed by atoms with Gasteiger partial charge in [0.1, 0.15) is 0 Å². The Morgan fingerprint density at radius 2 is 1.71 bits per heavy atom. The molecule has 0 radical (unpaired) electrons. The van der Waals surface area contributed by atoms with Crippen molar-refractivity contribution >= 4 is 18.7 Å². The number of benzene rings is 1. The van der Waals surface area contributed by atoms with Gasteiger partial charge in [-0.25, -0.2) is 0 Å². The van der Waals surface area contributed by atoms with Crippen molar-refractivity contribution in [3.8, 4) is 0 Å². The number of hydrogen-bond donors (Lipinski definition) is 1. The van der Waals surface area contributed by atoms with Gasteiger partial charge in [-0.3, -0.25) is 0 Å². The molecule has 0 aliphatic carbocycles. The van der Waals surface area contributed by atoms with Gasteiger partial charge in [0, 0.05) is 0 Å². The van der Waals surface area contributed by atoms with Gasteiger partial charge in [0.2, 0.25) is 0 Å². The summed E-state index contributed by atoms with van der Waals surface area (Å²) >= 11 is 4.18. The van der Waals surface area contributed by atoms with Gasteiger partial charge < -0.3 is 0 Å². The number of hydrogen-bond acceptors (Lipinski definition) is 1. The summed E-state index contributed by atoms with van der Waals surface area (Å²) in [6, 6.07) is 4.46. The van der Waals surface area contributed by atoms with Crippen molar-refractivity contribution in [2.45, 2.75) is 27.2 Å². The van der Waals surface area contributed by atoms with Crippen molar-refractivity contribution in [1.82, 2.24) is 0 Å². The lowest BCUT2D eigenvalue weighted by atomic mass is 9.99. The first-order valence-electron chi connectivity index (χ1n) is 5.00. The second-order valence-corrected chi connectivity index (χ2v) is 4.17. The van der Waals surface area contributed by atoms with E-state index in [9.17, 15) is 0 Å². The number of thiol groups is 1. The second-order valence-electron chi connectivity index (χ2n) is 3.73. The van der Waals surface area contributed by atoms with E-state index in [1.807, 2.05) is 0 Å². The molecule has 0 unspecified atom stereocenters. The average molecular weight is 206 g/mol. The highest BCUT2D eigenvalue weighted by Crippen LogP contribution is 2.17. The van der Waals surface area contributed by atoms with Crippen LogP contribution in [-0.2, 0) is 0 Å². The van der Waals surface area contributed by atoms with Crippen molar-refractivity contribution in [1.29, 1.82) is 0 Å². The lowest BCUT2D eigenvalue weighted by molar-refractivity contribution is 1.25. The maximum atomic E-state index is 4.18. The molecule has 0 heterocycles. The van der Waals surface area contributed by atoms with E-state index in [0.29, 0.717) is 0 Å². The molecule has 76 valence electrons. The Labute approximate surface area is 92.5 Å². The lowest BCUT2D eigenvalue weighted by Crippen LogP contribution is -1.88. The van der Waals surface area contributed by atoms with Crippen LogP contribution in [0, 0.1) is 20.8 Å². The number of aryl methyl sites for hydroxylation is 3. The SMILES string of the molecule is Cc1cc(C)c(C=CCCS)c(C)c1. The molecule has 1 aromatic carbocycles. The van der Waals surface area contributed by atoms with Crippen LogP contribution in [-0.4, -0.2) is 5.75 Å². The molecule has 0 saturated carbocycles. The normalized spacial score (nSPS) is 11.1. The van der Waals surface area contributed by atoms with Gasteiger partial charge in [-0.1, -0.05) is 29.8 Å². The van der Waals surface area contributed by atoms with Crippen LogP contribution in [0.1, 0.15) is 28.7 Å². The van der Waals surface area contributed by atoms with E-state index in [2.05, 4.69) is 57.7 Å². The molecule has 1 heteroatoms. The molecule has 0 nitrogen and oxygen atoms in total. The first kappa shape index (κ1) is 11.4. The van der Waals surface area contributed by atoms with Crippen LogP contribution >= 0.6 is 12.6 Å². The molecule has 0 bridgehead atoms. The van der Waals surface area contributed by atoms with E-state index in [1.165, 1.54) is 22.3 Å². The van der Waals surface area contributed by atoms with E-state index in [0.717, 1.165) is 12.2 Å². The highest BCUT2D eigenvalue weighted by molar-refractivity contribution is 7.80. The van der Waals surface area contributed by atoms with Gasteiger partial charge in [0.15, 0.2) is 0 Å². The average Bonchev–Trinajstić information content (AvgIpc) is 2.09. The molecule has 0 saturated heterocycles. The quantitative estimate of drug-likeness (QED) is 0.711. The largest absolute Gasteiger partial charge is 0.179 e. The minimum atomic E-state index is 0.917. The molecule has 0 aliphatic heterocycles. The van der Waals surface area contributed by atoms with Crippen LogP contribution in [0.4, 0.5) is 0 Å². The van der Waals surface area contributed by atoms with Crippen LogP contribution in [0.2, 0.25) is 0 Å². The van der Waals surface area contributed by atoms with Gasteiger partial charge in [0.05, 0.1) is 0 Å². The predicted octanol–water partition coefficient (Wildman–Crippen LogP) is 3.94. The van der Waals surface area contributed by atoms with E-state index < -0.39 is 0 Å².